The van der Waals surface area contributed by atoms with Gasteiger partial charge in [-0.15, -0.1) is 0 Å². The van der Waals surface area contributed by atoms with Crippen molar-refractivity contribution < 1.29 is 19.5 Å². The van der Waals surface area contributed by atoms with E-state index < -0.39 is 17.3 Å². The zero-order valence-electron chi connectivity index (χ0n) is 10.8. The number of hydrogen-bond acceptors (Lipinski definition) is 3. The number of carbonyl (C=O) groups is 3. The molecule has 3 amide bonds. The molecule has 1 aliphatic rings. The Bertz CT molecular complexity index is 361. The molecule has 0 aromatic carbocycles. The van der Waals surface area contributed by atoms with Crippen molar-refractivity contribution >= 4 is 17.9 Å². The second-order valence-electron chi connectivity index (χ2n) is 5.06. The van der Waals surface area contributed by atoms with Crippen molar-refractivity contribution in [2.24, 2.45) is 11.3 Å². The molecule has 0 unspecified atom stereocenters. The molecule has 1 fully saturated rings. The Kier molecular flexibility index (Phi) is 4.15. The molecule has 1 heterocycles. The smallest absolute Gasteiger partial charge is 0.317 e. The summed E-state index contributed by atoms with van der Waals surface area (Å²) in [5.41, 5.74) is -0.693. The number of hydrogen-bond donors (Lipinski definition) is 3. The second-order valence-corrected chi connectivity index (χ2v) is 5.06. The first-order valence-electron chi connectivity index (χ1n) is 5.75. The number of carboxylic acids is 1. The third kappa shape index (κ3) is 3.12. The number of carboxylic acid groups (broad SMARTS) is 1. The molecule has 7 heteroatoms. The molecule has 0 radical (unpaired) electrons. The SMILES string of the molecule is CNC(=O)C(C)(C)CNC(=O)N1CC(C(=O)O)C1. The summed E-state index contributed by atoms with van der Waals surface area (Å²) < 4.78 is 0. The third-order valence-corrected chi connectivity index (χ3v) is 3.04. The van der Waals surface area contributed by atoms with Crippen molar-refractivity contribution in [1.82, 2.24) is 15.5 Å². The van der Waals surface area contributed by atoms with Crippen LogP contribution in [0.2, 0.25) is 0 Å². The van der Waals surface area contributed by atoms with Gasteiger partial charge in [0.05, 0.1) is 11.3 Å². The zero-order chi connectivity index (χ0) is 13.9. The summed E-state index contributed by atoms with van der Waals surface area (Å²) in [6, 6.07) is -0.329. The Hall–Kier alpha value is -1.79. The van der Waals surface area contributed by atoms with E-state index in [4.69, 9.17) is 5.11 Å². The molecule has 0 spiro atoms. The number of urea groups is 1. The van der Waals surface area contributed by atoms with E-state index in [9.17, 15) is 14.4 Å². The monoisotopic (exact) mass is 257 g/mol. The molecule has 0 saturated carbocycles. The summed E-state index contributed by atoms with van der Waals surface area (Å²) in [4.78, 5) is 35.1. The van der Waals surface area contributed by atoms with Crippen LogP contribution in [0.25, 0.3) is 0 Å². The van der Waals surface area contributed by atoms with Gasteiger partial charge in [-0.3, -0.25) is 9.59 Å². The minimum Gasteiger partial charge on any atom is -0.481 e. The van der Waals surface area contributed by atoms with Crippen LogP contribution in [-0.2, 0) is 9.59 Å². The van der Waals surface area contributed by atoms with E-state index in [0.717, 1.165) is 0 Å². The Morgan fingerprint density at radius 2 is 1.89 bits per heavy atom. The van der Waals surface area contributed by atoms with Gasteiger partial charge in [0, 0.05) is 26.7 Å². The molecule has 0 aromatic rings. The fraction of sp³-hybridized carbons (Fsp3) is 0.727. The van der Waals surface area contributed by atoms with E-state index in [1.54, 1.807) is 20.9 Å². The van der Waals surface area contributed by atoms with Crippen LogP contribution >= 0.6 is 0 Å². The van der Waals surface area contributed by atoms with Crippen molar-refractivity contribution in [3.63, 3.8) is 0 Å². The van der Waals surface area contributed by atoms with Gasteiger partial charge in [-0.05, 0) is 13.8 Å². The number of likely N-dealkylation sites (tertiary alicyclic amines) is 1. The topological polar surface area (TPSA) is 98.7 Å². The first-order valence-corrected chi connectivity index (χ1v) is 5.75. The quantitative estimate of drug-likeness (QED) is 0.631. The zero-order valence-corrected chi connectivity index (χ0v) is 10.8. The fourth-order valence-corrected chi connectivity index (χ4v) is 1.63. The first-order chi connectivity index (χ1) is 8.27. The van der Waals surface area contributed by atoms with E-state index in [1.807, 2.05) is 0 Å². The Labute approximate surface area is 106 Å². The van der Waals surface area contributed by atoms with E-state index in [2.05, 4.69) is 10.6 Å². The van der Waals surface area contributed by atoms with Crippen LogP contribution in [0.3, 0.4) is 0 Å². The summed E-state index contributed by atoms with van der Waals surface area (Å²) in [5, 5.41) is 13.8. The molecule has 3 N–H and O–H groups in total. The lowest BCUT2D eigenvalue weighted by atomic mass is 9.92. The molecule has 1 rings (SSSR count). The lowest BCUT2D eigenvalue weighted by Gasteiger charge is -2.37. The third-order valence-electron chi connectivity index (χ3n) is 3.04. The van der Waals surface area contributed by atoms with Crippen LogP contribution in [0.4, 0.5) is 4.79 Å². The van der Waals surface area contributed by atoms with E-state index in [1.165, 1.54) is 4.90 Å². The van der Waals surface area contributed by atoms with Crippen molar-refractivity contribution in [2.75, 3.05) is 26.7 Å². The van der Waals surface area contributed by atoms with Gasteiger partial charge in [0.2, 0.25) is 5.91 Å². The van der Waals surface area contributed by atoms with Crippen molar-refractivity contribution in [3.8, 4) is 0 Å². The van der Waals surface area contributed by atoms with E-state index >= 15 is 0 Å². The molecular formula is C11H19N3O4. The molecule has 0 aromatic heterocycles. The molecule has 102 valence electrons. The Morgan fingerprint density at radius 1 is 1.33 bits per heavy atom. The number of nitrogens with zero attached hydrogens (tertiary/aromatic N) is 1. The predicted molar refractivity (Wildman–Crippen MR) is 63.9 cm³/mol. The molecular weight excluding hydrogens is 238 g/mol. The molecule has 18 heavy (non-hydrogen) atoms. The van der Waals surface area contributed by atoms with Crippen molar-refractivity contribution in [2.45, 2.75) is 13.8 Å². The highest BCUT2D eigenvalue weighted by Gasteiger charge is 2.36. The maximum absolute atomic E-state index is 11.6. The van der Waals surface area contributed by atoms with E-state index in [-0.39, 0.29) is 31.6 Å². The van der Waals surface area contributed by atoms with Gasteiger partial charge in [0.1, 0.15) is 0 Å². The van der Waals surface area contributed by atoms with Crippen LogP contribution < -0.4 is 10.6 Å². The number of aliphatic carboxylic acids is 1. The normalized spacial score (nSPS) is 15.8. The Balaban J connectivity index is 2.35. The maximum Gasteiger partial charge on any atom is 0.317 e. The maximum atomic E-state index is 11.6. The lowest BCUT2D eigenvalue weighted by molar-refractivity contribution is -0.146. The highest BCUT2D eigenvalue weighted by Crippen LogP contribution is 2.17. The summed E-state index contributed by atoms with van der Waals surface area (Å²) in [7, 11) is 1.54. The average molecular weight is 257 g/mol. The molecule has 0 bridgehead atoms. The van der Waals surface area contributed by atoms with Crippen molar-refractivity contribution in [1.29, 1.82) is 0 Å². The molecule has 1 aliphatic heterocycles. The largest absolute Gasteiger partial charge is 0.481 e. The van der Waals surface area contributed by atoms with E-state index in [0.29, 0.717) is 0 Å². The van der Waals surface area contributed by atoms with Crippen LogP contribution in [0, 0.1) is 11.3 Å². The lowest BCUT2D eigenvalue weighted by Crippen LogP contribution is -2.57. The van der Waals surface area contributed by atoms with Crippen molar-refractivity contribution in [3.05, 3.63) is 0 Å². The molecule has 1 saturated heterocycles. The fourth-order valence-electron chi connectivity index (χ4n) is 1.63. The van der Waals surface area contributed by atoms with Gasteiger partial charge in [-0.25, -0.2) is 4.79 Å². The number of rotatable bonds is 4. The van der Waals surface area contributed by atoms with Gasteiger partial charge in [-0.1, -0.05) is 0 Å². The van der Waals surface area contributed by atoms with Crippen LogP contribution in [0.1, 0.15) is 13.8 Å². The number of nitrogens with one attached hydrogen (secondary N) is 2. The molecule has 7 nitrogen and oxygen atoms in total. The number of amides is 3. The first kappa shape index (κ1) is 14.3. The van der Waals surface area contributed by atoms with Crippen LogP contribution in [-0.4, -0.2) is 54.6 Å². The van der Waals surface area contributed by atoms with Gasteiger partial charge < -0.3 is 20.6 Å². The highest BCUT2D eigenvalue weighted by atomic mass is 16.4. The second kappa shape index (κ2) is 5.24. The summed E-state index contributed by atoms with van der Waals surface area (Å²) in [6.45, 7) is 4.10. The van der Waals surface area contributed by atoms with Crippen LogP contribution in [0.5, 0.6) is 0 Å². The average Bonchev–Trinajstić information content (AvgIpc) is 2.22. The molecule has 0 aliphatic carbocycles. The summed E-state index contributed by atoms with van der Waals surface area (Å²) >= 11 is 0. The van der Waals surface area contributed by atoms with Crippen LogP contribution in [0.15, 0.2) is 0 Å². The minimum atomic E-state index is -0.884. The Morgan fingerprint density at radius 3 is 2.33 bits per heavy atom. The van der Waals surface area contributed by atoms with Gasteiger partial charge in [0.25, 0.3) is 0 Å². The molecule has 0 atom stereocenters. The van der Waals surface area contributed by atoms with Gasteiger partial charge in [-0.2, -0.15) is 0 Å². The highest BCUT2D eigenvalue weighted by molar-refractivity contribution is 5.83. The predicted octanol–water partition coefficient (Wildman–Crippen LogP) is -0.515. The summed E-state index contributed by atoms with van der Waals surface area (Å²) in [6.07, 6.45) is 0. The van der Waals surface area contributed by atoms with Gasteiger partial charge >= 0.3 is 12.0 Å². The summed E-state index contributed by atoms with van der Waals surface area (Å²) in [5.74, 6) is -1.51. The number of carbonyl (C=O) groups excluding carboxylic acids is 2. The standard InChI is InChI=1S/C11H19N3O4/c1-11(2,9(17)12-3)6-13-10(18)14-4-7(5-14)8(15)16/h7H,4-6H2,1-3H3,(H,12,17)(H,13,18)(H,15,16). The minimum absolute atomic E-state index is 0.158. The van der Waals surface area contributed by atoms with Gasteiger partial charge in [0.15, 0.2) is 0 Å².